The molecular formula is C12H14FNO4S. The van der Waals surface area contributed by atoms with Crippen LogP contribution < -0.4 is 0 Å². The van der Waals surface area contributed by atoms with E-state index in [1.165, 1.54) is 16.4 Å². The van der Waals surface area contributed by atoms with Crippen molar-refractivity contribution in [3.05, 3.63) is 30.1 Å². The van der Waals surface area contributed by atoms with E-state index in [1.807, 2.05) is 0 Å². The molecule has 2 rings (SSSR count). The lowest BCUT2D eigenvalue weighted by Gasteiger charge is -2.21. The Morgan fingerprint density at radius 2 is 1.89 bits per heavy atom. The maximum absolute atomic E-state index is 12.8. The third-order valence-corrected chi connectivity index (χ3v) is 4.89. The molecule has 1 aliphatic carbocycles. The monoisotopic (exact) mass is 287 g/mol. The molecule has 5 nitrogen and oxygen atoms in total. The molecule has 0 aromatic heterocycles. The number of halogens is 1. The van der Waals surface area contributed by atoms with Gasteiger partial charge in [0.1, 0.15) is 5.82 Å². The number of carbonyl (C=O) groups is 1. The Kier molecular flexibility index (Phi) is 3.86. The van der Waals surface area contributed by atoms with Gasteiger partial charge in [-0.05, 0) is 37.1 Å². The maximum Gasteiger partial charge on any atom is 0.304 e. The van der Waals surface area contributed by atoms with Crippen LogP contribution in [-0.4, -0.2) is 36.4 Å². The molecule has 0 spiro atoms. The van der Waals surface area contributed by atoms with E-state index in [0.29, 0.717) is 0 Å². The number of carboxylic acids is 1. The molecule has 0 amide bonds. The number of sulfonamides is 1. The summed E-state index contributed by atoms with van der Waals surface area (Å²) in [7, 11) is -3.75. The van der Waals surface area contributed by atoms with Crippen molar-refractivity contribution in [2.24, 2.45) is 0 Å². The van der Waals surface area contributed by atoms with E-state index in [1.54, 1.807) is 0 Å². The van der Waals surface area contributed by atoms with Crippen molar-refractivity contribution in [2.45, 2.75) is 30.2 Å². The van der Waals surface area contributed by atoms with Crippen LogP contribution in [0, 0.1) is 5.82 Å². The first kappa shape index (κ1) is 14.0. The van der Waals surface area contributed by atoms with E-state index in [9.17, 15) is 17.6 Å². The highest BCUT2D eigenvalue weighted by molar-refractivity contribution is 7.89. The van der Waals surface area contributed by atoms with Crippen LogP contribution in [0.2, 0.25) is 0 Å². The number of aliphatic carboxylic acids is 1. The lowest BCUT2D eigenvalue weighted by atomic mass is 10.4. The van der Waals surface area contributed by atoms with E-state index in [0.717, 1.165) is 25.0 Å². The molecule has 0 bridgehead atoms. The summed E-state index contributed by atoms with van der Waals surface area (Å²) in [5, 5.41) is 8.67. The molecule has 0 aliphatic heterocycles. The van der Waals surface area contributed by atoms with Gasteiger partial charge in [0.2, 0.25) is 10.0 Å². The Bertz CT molecular complexity index is 566. The van der Waals surface area contributed by atoms with Crippen molar-refractivity contribution in [2.75, 3.05) is 6.54 Å². The SMILES string of the molecule is O=C(O)CCN(C1CC1)S(=O)(=O)c1ccc(F)cc1. The fraction of sp³-hybridized carbons (Fsp3) is 0.417. The molecular weight excluding hydrogens is 273 g/mol. The molecule has 0 saturated heterocycles. The van der Waals surface area contributed by atoms with Crippen molar-refractivity contribution in [3.63, 3.8) is 0 Å². The summed E-state index contributed by atoms with van der Waals surface area (Å²) in [6.07, 6.45) is 1.23. The molecule has 1 N–H and O–H groups in total. The van der Waals surface area contributed by atoms with Gasteiger partial charge in [-0.3, -0.25) is 4.79 Å². The van der Waals surface area contributed by atoms with E-state index >= 15 is 0 Å². The topological polar surface area (TPSA) is 74.7 Å². The van der Waals surface area contributed by atoms with Gasteiger partial charge in [-0.1, -0.05) is 0 Å². The predicted molar refractivity (Wildman–Crippen MR) is 65.6 cm³/mol. The highest BCUT2D eigenvalue weighted by Crippen LogP contribution is 2.32. The van der Waals surface area contributed by atoms with E-state index < -0.39 is 21.8 Å². The van der Waals surface area contributed by atoms with Crippen molar-refractivity contribution >= 4 is 16.0 Å². The minimum atomic E-state index is -3.75. The Labute approximate surface area is 110 Å². The van der Waals surface area contributed by atoms with Gasteiger partial charge in [0.15, 0.2) is 0 Å². The van der Waals surface area contributed by atoms with Gasteiger partial charge in [-0.15, -0.1) is 0 Å². The normalized spacial score (nSPS) is 15.7. The predicted octanol–water partition coefficient (Wildman–Crippen LogP) is 1.45. The van der Waals surface area contributed by atoms with Gasteiger partial charge in [0.05, 0.1) is 11.3 Å². The van der Waals surface area contributed by atoms with Gasteiger partial charge in [0, 0.05) is 12.6 Å². The number of nitrogens with zero attached hydrogens (tertiary/aromatic N) is 1. The lowest BCUT2D eigenvalue weighted by Crippen LogP contribution is -2.35. The molecule has 1 fully saturated rings. The van der Waals surface area contributed by atoms with E-state index in [-0.39, 0.29) is 23.9 Å². The van der Waals surface area contributed by atoms with Gasteiger partial charge in [0.25, 0.3) is 0 Å². The first-order chi connectivity index (χ1) is 8.91. The molecule has 0 heterocycles. The quantitative estimate of drug-likeness (QED) is 0.859. The smallest absolute Gasteiger partial charge is 0.304 e. The van der Waals surface area contributed by atoms with E-state index in [4.69, 9.17) is 5.11 Å². The van der Waals surface area contributed by atoms with Crippen LogP contribution in [-0.2, 0) is 14.8 Å². The molecule has 0 atom stereocenters. The van der Waals surface area contributed by atoms with Gasteiger partial charge < -0.3 is 5.11 Å². The molecule has 0 unspecified atom stereocenters. The van der Waals surface area contributed by atoms with Crippen LogP contribution in [0.4, 0.5) is 4.39 Å². The minimum Gasteiger partial charge on any atom is -0.481 e. The summed E-state index contributed by atoms with van der Waals surface area (Å²) in [4.78, 5) is 10.6. The van der Waals surface area contributed by atoms with Crippen LogP contribution in [0.25, 0.3) is 0 Å². The van der Waals surface area contributed by atoms with Crippen LogP contribution in [0.15, 0.2) is 29.2 Å². The highest BCUT2D eigenvalue weighted by Gasteiger charge is 2.38. The number of hydrogen-bond acceptors (Lipinski definition) is 3. The van der Waals surface area contributed by atoms with Gasteiger partial charge >= 0.3 is 5.97 Å². The summed E-state index contributed by atoms with van der Waals surface area (Å²) in [6.45, 7) is -0.0558. The third-order valence-electron chi connectivity index (χ3n) is 2.92. The second-order valence-corrected chi connectivity index (χ2v) is 6.34. The Morgan fingerprint density at radius 3 is 2.37 bits per heavy atom. The minimum absolute atomic E-state index is 0.00816. The lowest BCUT2D eigenvalue weighted by molar-refractivity contribution is -0.137. The Hall–Kier alpha value is -1.47. The highest BCUT2D eigenvalue weighted by atomic mass is 32.2. The summed E-state index contributed by atoms with van der Waals surface area (Å²) in [5.41, 5.74) is 0. The zero-order chi connectivity index (χ0) is 14.0. The van der Waals surface area contributed by atoms with Crippen LogP contribution in [0.3, 0.4) is 0 Å². The largest absolute Gasteiger partial charge is 0.481 e. The molecule has 1 aromatic rings. The van der Waals surface area contributed by atoms with E-state index in [2.05, 4.69) is 0 Å². The maximum atomic E-state index is 12.8. The molecule has 1 aromatic carbocycles. The van der Waals surface area contributed by atoms with Crippen molar-refractivity contribution in [1.82, 2.24) is 4.31 Å². The van der Waals surface area contributed by atoms with Crippen LogP contribution >= 0.6 is 0 Å². The fourth-order valence-electron chi connectivity index (χ4n) is 1.81. The molecule has 7 heteroatoms. The third kappa shape index (κ3) is 3.30. The molecule has 0 radical (unpaired) electrons. The summed E-state index contributed by atoms with van der Waals surface area (Å²) in [5.74, 6) is -1.55. The molecule has 1 saturated carbocycles. The average Bonchev–Trinajstić information content (AvgIpc) is 3.13. The first-order valence-electron chi connectivity index (χ1n) is 5.90. The van der Waals surface area contributed by atoms with Crippen molar-refractivity contribution < 1.29 is 22.7 Å². The summed E-state index contributed by atoms with van der Waals surface area (Å²) < 4.78 is 38.7. The standard InChI is InChI=1S/C12H14FNO4S/c13-9-1-5-11(6-2-9)19(17,18)14(10-3-4-10)8-7-12(15)16/h1-2,5-6,10H,3-4,7-8H2,(H,15,16). The van der Waals surface area contributed by atoms with Crippen molar-refractivity contribution in [3.8, 4) is 0 Å². The second-order valence-electron chi connectivity index (χ2n) is 4.44. The average molecular weight is 287 g/mol. The number of rotatable bonds is 6. The zero-order valence-electron chi connectivity index (χ0n) is 10.1. The van der Waals surface area contributed by atoms with Gasteiger partial charge in [-0.25, -0.2) is 12.8 Å². The Balaban J connectivity index is 2.23. The van der Waals surface area contributed by atoms with Crippen LogP contribution in [0.5, 0.6) is 0 Å². The number of carboxylic acid groups (broad SMARTS) is 1. The van der Waals surface area contributed by atoms with Crippen molar-refractivity contribution in [1.29, 1.82) is 0 Å². The van der Waals surface area contributed by atoms with Crippen LogP contribution in [0.1, 0.15) is 19.3 Å². The molecule has 104 valence electrons. The number of hydrogen-bond donors (Lipinski definition) is 1. The first-order valence-corrected chi connectivity index (χ1v) is 7.34. The second kappa shape index (κ2) is 5.26. The fourth-order valence-corrected chi connectivity index (χ4v) is 3.50. The van der Waals surface area contributed by atoms with Gasteiger partial charge in [-0.2, -0.15) is 4.31 Å². The zero-order valence-corrected chi connectivity index (χ0v) is 10.9. The summed E-state index contributed by atoms with van der Waals surface area (Å²) >= 11 is 0. The molecule has 1 aliphatic rings. The summed E-state index contributed by atoms with van der Waals surface area (Å²) in [6, 6.07) is 4.42. The Morgan fingerprint density at radius 1 is 1.32 bits per heavy atom. The number of benzene rings is 1. The molecule has 19 heavy (non-hydrogen) atoms.